The molecule has 0 atom stereocenters. The standard InChI is InChI=1S/C20H20N2O3/c1-13-5-8-18-17(9-13)22(19(23)12-25-18)11-14-3-2-4-15(10-14)20(24)21-16-6-7-16/h2-5,8-10,16H,6-7,11-12H2,1H3,(H,21,24). The van der Waals surface area contributed by atoms with Gasteiger partial charge in [0.05, 0.1) is 12.2 Å². The molecule has 1 aliphatic carbocycles. The maximum Gasteiger partial charge on any atom is 0.265 e. The molecule has 0 spiro atoms. The van der Waals surface area contributed by atoms with Gasteiger partial charge in [0.25, 0.3) is 11.8 Å². The molecule has 0 bridgehead atoms. The summed E-state index contributed by atoms with van der Waals surface area (Å²) in [6.07, 6.45) is 2.12. The Hall–Kier alpha value is -2.82. The number of anilines is 1. The Balaban J connectivity index is 1.58. The van der Waals surface area contributed by atoms with Crippen molar-refractivity contribution in [3.8, 4) is 5.75 Å². The van der Waals surface area contributed by atoms with E-state index in [1.54, 1.807) is 11.0 Å². The average Bonchev–Trinajstić information content (AvgIpc) is 3.42. The normalized spacial score (nSPS) is 16.2. The molecule has 128 valence electrons. The number of hydrogen-bond donors (Lipinski definition) is 1. The Morgan fingerprint density at radius 3 is 2.88 bits per heavy atom. The Kier molecular flexibility index (Phi) is 3.92. The van der Waals surface area contributed by atoms with E-state index in [9.17, 15) is 9.59 Å². The third-order valence-corrected chi connectivity index (χ3v) is 4.50. The van der Waals surface area contributed by atoms with Crippen molar-refractivity contribution in [2.75, 3.05) is 11.5 Å². The summed E-state index contributed by atoms with van der Waals surface area (Å²) >= 11 is 0. The van der Waals surface area contributed by atoms with E-state index in [1.807, 2.05) is 43.3 Å². The van der Waals surface area contributed by atoms with Crippen molar-refractivity contribution in [2.45, 2.75) is 32.4 Å². The summed E-state index contributed by atoms with van der Waals surface area (Å²) in [5.74, 6) is 0.590. The molecule has 5 nitrogen and oxygen atoms in total. The van der Waals surface area contributed by atoms with Crippen LogP contribution >= 0.6 is 0 Å². The molecule has 0 saturated heterocycles. The van der Waals surface area contributed by atoms with E-state index in [4.69, 9.17) is 4.74 Å². The molecule has 1 heterocycles. The van der Waals surface area contributed by atoms with Gasteiger partial charge in [-0.25, -0.2) is 0 Å². The molecule has 25 heavy (non-hydrogen) atoms. The van der Waals surface area contributed by atoms with Gasteiger partial charge in [0.1, 0.15) is 5.75 Å². The molecule has 1 N–H and O–H groups in total. The number of aryl methyl sites for hydroxylation is 1. The molecule has 0 aromatic heterocycles. The van der Waals surface area contributed by atoms with Crippen molar-refractivity contribution in [3.63, 3.8) is 0 Å². The SMILES string of the molecule is Cc1ccc2c(c1)N(Cc1cccc(C(=O)NC3CC3)c1)C(=O)CO2. The third kappa shape index (κ3) is 3.36. The van der Waals surface area contributed by atoms with Crippen LogP contribution in [0, 0.1) is 6.92 Å². The van der Waals surface area contributed by atoms with Crippen LogP contribution in [0.25, 0.3) is 0 Å². The average molecular weight is 336 g/mol. The number of ether oxygens (including phenoxy) is 1. The topological polar surface area (TPSA) is 58.6 Å². The van der Waals surface area contributed by atoms with Gasteiger partial charge in [-0.2, -0.15) is 0 Å². The van der Waals surface area contributed by atoms with E-state index < -0.39 is 0 Å². The zero-order chi connectivity index (χ0) is 17.4. The van der Waals surface area contributed by atoms with E-state index in [-0.39, 0.29) is 18.4 Å². The van der Waals surface area contributed by atoms with Crippen molar-refractivity contribution in [2.24, 2.45) is 0 Å². The van der Waals surface area contributed by atoms with Crippen LogP contribution in [0.15, 0.2) is 42.5 Å². The summed E-state index contributed by atoms with van der Waals surface area (Å²) < 4.78 is 5.52. The van der Waals surface area contributed by atoms with E-state index in [0.29, 0.717) is 23.9 Å². The van der Waals surface area contributed by atoms with E-state index in [1.165, 1.54) is 0 Å². The van der Waals surface area contributed by atoms with Crippen LogP contribution in [0.2, 0.25) is 0 Å². The van der Waals surface area contributed by atoms with E-state index in [0.717, 1.165) is 29.7 Å². The van der Waals surface area contributed by atoms with E-state index >= 15 is 0 Å². The van der Waals surface area contributed by atoms with Gasteiger partial charge in [-0.3, -0.25) is 9.59 Å². The lowest BCUT2D eigenvalue weighted by atomic mass is 10.1. The highest BCUT2D eigenvalue weighted by Crippen LogP contribution is 2.34. The fraction of sp³-hybridized carbons (Fsp3) is 0.300. The van der Waals surface area contributed by atoms with Crippen molar-refractivity contribution < 1.29 is 14.3 Å². The largest absolute Gasteiger partial charge is 0.482 e. The highest BCUT2D eigenvalue weighted by Gasteiger charge is 2.26. The predicted octanol–water partition coefficient (Wildman–Crippen LogP) is 2.81. The number of rotatable bonds is 4. The molecule has 1 saturated carbocycles. The van der Waals surface area contributed by atoms with Crippen molar-refractivity contribution >= 4 is 17.5 Å². The summed E-state index contributed by atoms with van der Waals surface area (Å²) in [7, 11) is 0. The fourth-order valence-corrected chi connectivity index (χ4v) is 2.98. The molecular weight excluding hydrogens is 316 g/mol. The fourth-order valence-electron chi connectivity index (χ4n) is 2.98. The minimum absolute atomic E-state index is 0.0396. The van der Waals surface area contributed by atoms with Crippen molar-refractivity contribution in [3.05, 3.63) is 59.2 Å². The zero-order valence-corrected chi connectivity index (χ0v) is 14.1. The second-order valence-corrected chi connectivity index (χ2v) is 6.69. The van der Waals surface area contributed by atoms with Crippen LogP contribution in [0.1, 0.15) is 34.3 Å². The minimum atomic E-state index is -0.0778. The molecule has 1 aliphatic heterocycles. The molecule has 0 radical (unpaired) electrons. The first-order valence-corrected chi connectivity index (χ1v) is 8.54. The van der Waals surface area contributed by atoms with Gasteiger partial charge in [0, 0.05) is 11.6 Å². The monoisotopic (exact) mass is 336 g/mol. The van der Waals surface area contributed by atoms with Crippen LogP contribution in [0.3, 0.4) is 0 Å². The first kappa shape index (κ1) is 15.7. The first-order chi connectivity index (χ1) is 12.1. The Labute approximate surface area is 146 Å². The lowest BCUT2D eigenvalue weighted by Crippen LogP contribution is -2.38. The minimum Gasteiger partial charge on any atom is -0.482 e. The van der Waals surface area contributed by atoms with Crippen molar-refractivity contribution in [1.29, 1.82) is 0 Å². The van der Waals surface area contributed by atoms with Gasteiger partial charge in [-0.1, -0.05) is 18.2 Å². The van der Waals surface area contributed by atoms with Crippen LogP contribution in [0.4, 0.5) is 5.69 Å². The van der Waals surface area contributed by atoms with Crippen LogP contribution in [0.5, 0.6) is 5.75 Å². The summed E-state index contributed by atoms with van der Waals surface area (Å²) in [5, 5.41) is 2.99. The van der Waals surface area contributed by atoms with Gasteiger partial charge in [-0.15, -0.1) is 0 Å². The Morgan fingerprint density at radius 2 is 2.08 bits per heavy atom. The molecule has 4 rings (SSSR count). The second kappa shape index (κ2) is 6.24. The summed E-state index contributed by atoms with van der Waals surface area (Å²) in [6.45, 7) is 2.45. The number of benzene rings is 2. The molecule has 2 aromatic rings. The maximum atomic E-state index is 12.4. The number of nitrogens with zero attached hydrogens (tertiary/aromatic N) is 1. The maximum absolute atomic E-state index is 12.4. The summed E-state index contributed by atoms with van der Waals surface area (Å²) in [5.41, 5.74) is 3.41. The van der Waals surface area contributed by atoms with Crippen LogP contribution in [-0.2, 0) is 11.3 Å². The molecule has 2 amide bonds. The van der Waals surface area contributed by atoms with Gasteiger partial charge >= 0.3 is 0 Å². The lowest BCUT2D eigenvalue weighted by molar-refractivity contribution is -0.121. The molecular formula is C20H20N2O3. The van der Waals surface area contributed by atoms with E-state index in [2.05, 4.69) is 5.32 Å². The van der Waals surface area contributed by atoms with Gasteiger partial charge in [-0.05, 0) is 55.2 Å². The Morgan fingerprint density at radius 1 is 1.24 bits per heavy atom. The molecule has 2 aliphatic rings. The molecule has 1 fully saturated rings. The molecule has 5 heteroatoms. The van der Waals surface area contributed by atoms with Crippen LogP contribution < -0.4 is 15.0 Å². The highest BCUT2D eigenvalue weighted by molar-refractivity contribution is 5.98. The number of carbonyl (C=O) groups excluding carboxylic acids is 2. The Bertz CT molecular complexity index is 843. The van der Waals surface area contributed by atoms with Crippen LogP contribution in [-0.4, -0.2) is 24.5 Å². The number of amides is 2. The van der Waals surface area contributed by atoms with Gasteiger partial charge in [0.2, 0.25) is 0 Å². The quantitative estimate of drug-likeness (QED) is 0.934. The molecule has 2 aromatic carbocycles. The van der Waals surface area contributed by atoms with Gasteiger partial charge < -0.3 is 15.0 Å². The number of nitrogens with one attached hydrogen (secondary N) is 1. The predicted molar refractivity (Wildman–Crippen MR) is 94.8 cm³/mol. The third-order valence-electron chi connectivity index (χ3n) is 4.50. The molecule has 0 unspecified atom stereocenters. The van der Waals surface area contributed by atoms with Gasteiger partial charge in [0.15, 0.2) is 6.61 Å². The lowest BCUT2D eigenvalue weighted by Gasteiger charge is -2.29. The number of hydrogen-bond acceptors (Lipinski definition) is 3. The van der Waals surface area contributed by atoms with Crippen molar-refractivity contribution in [1.82, 2.24) is 5.32 Å². The summed E-state index contributed by atoms with van der Waals surface area (Å²) in [4.78, 5) is 26.3. The smallest absolute Gasteiger partial charge is 0.265 e. The number of fused-ring (bicyclic) bond motifs is 1. The zero-order valence-electron chi connectivity index (χ0n) is 14.1. The highest BCUT2D eigenvalue weighted by atomic mass is 16.5. The second-order valence-electron chi connectivity index (χ2n) is 6.69. The number of carbonyl (C=O) groups is 2. The summed E-state index contributed by atoms with van der Waals surface area (Å²) in [6, 6.07) is 13.6. The first-order valence-electron chi connectivity index (χ1n) is 8.54.